The molecule has 3 heterocycles. The van der Waals surface area contributed by atoms with Gasteiger partial charge in [-0.05, 0) is 31.4 Å². The van der Waals surface area contributed by atoms with Gasteiger partial charge >= 0.3 is 0 Å². The van der Waals surface area contributed by atoms with Crippen molar-refractivity contribution in [1.82, 2.24) is 14.5 Å². The van der Waals surface area contributed by atoms with Crippen molar-refractivity contribution in [3.05, 3.63) is 41.2 Å². The van der Waals surface area contributed by atoms with Crippen LogP contribution in [0.1, 0.15) is 34.6 Å². The average Bonchev–Trinajstić information content (AvgIpc) is 3.30. The van der Waals surface area contributed by atoms with Crippen LogP contribution in [0.15, 0.2) is 24.3 Å². The predicted octanol–water partition coefficient (Wildman–Crippen LogP) is 1.43. The number of imidazole rings is 1. The van der Waals surface area contributed by atoms with Crippen molar-refractivity contribution in [1.29, 1.82) is 0 Å². The molecule has 0 unspecified atom stereocenters. The first-order valence-corrected chi connectivity index (χ1v) is 8.81. The second-order valence-electron chi connectivity index (χ2n) is 6.80. The Balaban J connectivity index is 1.67. The third kappa shape index (κ3) is 2.76. The summed E-state index contributed by atoms with van der Waals surface area (Å²) in [5.41, 5.74) is 8.50. The molecular weight excluding hydrogens is 328 g/mol. The fraction of sp³-hybridized carbons (Fsp3) is 0.350. The lowest BCUT2D eigenvalue weighted by molar-refractivity contribution is -0.128. The number of amides is 2. The molecule has 2 aromatic rings. The van der Waals surface area contributed by atoms with Gasteiger partial charge in [-0.15, -0.1) is 0 Å². The Morgan fingerprint density at radius 3 is 2.92 bits per heavy atom. The van der Waals surface area contributed by atoms with Crippen LogP contribution in [0.2, 0.25) is 0 Å². The number of carbonyl (C=O) groups excluding carboxylic acids is 2. The molecule has 4 rings (SSSR count). The highest BCUT2D eigenvalue weighted by molar-refractivity contribution is 5.93. The molecule has 0 saturated carbocycles. The van der Waals surface area contributed by atoms with E-state index in [1.807, 2.05) is 24.3 Å². The standard InChI is InChI=1S/C20H20N4O2/c1-23-11-9-14(20(23)26)8-7-13-4-2-5-15(12-13)19-22-17(18(21)25)16-6-3-10-24(16)19/h2,4-5,12,14H,3,6,9-11H2,1H3,(H2,21,25)/t14-/m1/s1. The van der Waals surface area contributed by atoms with Crippen LogP contribution < -0.4 is 5.73 Å². The van der Waals surface area contributed by atoms with Crippen molar-refractivity contribution in [2.75, 3.05) is 13.6 Å². The Labute approximate surface area is 152 Å². The highest BCUT2D eigenvalue weighted by atomic mass is 16.2. The summed E-state index contributed by atoms with van der Waals surface area (Å²) in [6, 6.07) is 7.75. The van der Waals surface area contributed by atoms with E-state index < -0.39 is 5.91 Å². The zero-order chi connectivity index (χ0) is 18.3. The summed E-state index contributed by atoms with van der Waals surface area (Å²) in [6.45, 7) is 1.60. The van der Waals surface area contributed by atoms with Crippen LogP contribution in [-0.2, 0) is 17.8 Å². The number of fused-ring (bicyclic) bond motifs is 1. The molecule has 2 aliphatic heterocycles. The highest BCUT2D eigenvalue weighted by Crippen LogP contribution is 2.28. The molecule has 0 radical (unpaired) electrons. The second-order valence-corrected chi connectivity index (χ2v) is 6.80. The summed E-state index contributed by atoms with van der Waals surface area (Å²) in [7, 11) is 1.81. The Kier molecular flexibility index (Phi) is 4.00. The lowest BCUT2D eigenvalue weighted by atomic mass is 10.1. The maximum absolute atomic E-state index is 12.0. The van der Waals surface area contributed by atoms with Crippen LogP contribution in [-0.4, -0.2) is 39.9 Å². The van der Waals surface area contributed by atoms with E-state index in [1.165, 1.54) is 0 Å². The van der Waals surface area contributed by atoms with Crippen molar-refractivity contribution >= 4 is 11.8 Å². The summed E-state index contributed by atoms with van der Waals surface area (Å²) >= 11 is 0. The molecule has 132 valence electrons. The lowest BCUT2D eigenvalue weighted by Crippen LogP contribution is -2.21. The molecule has 0 bridgehead atoms. The van der Waals surface area contributed by atoms with E-state index in [0.717, 1.165) is 55.0 Å². The van der Waals surface area contributed by atoms with Crippen molar-refractivity contribution in [2.45, 2.75) is 25.8 Å². The highest BCUT2D eigenvalue weighted by Gasteiger charge is 2.27. The minimum Gasteiger partial charge on any atom is -0.364 e. The normalized spacial score (nSPS) is 18.6. The van der Waals surface area contributed by atoms with Gasteiger partial charge in [-0.25, -0.2) is 4.98 Å². The summed E-state index contributed by atoms with van der Waals surface area (Å²) in [6.07, 6.45) is 2.59. The fourth-order valence-corrected chi connectivity index (χ4v) is 3.67. The van der Waals surface area contributed by atoms with Crippen LogP contribution in [0.5, 0.6) is 0 Å². The van der Waals surface area contributed by atoms with Crippen LogP contribution in [0.25, 0.3) is 11.4 Å². The molecule has 1 saturated heterocycles. The molecular formula is C20H20N4O2. The van der Waals surface area contributed by atoms with E-state index in [2.05, 4.69) is 21.4 Å². The first-order chi connectivity index (χ1) is 12.5. The number of carbonyl (C=O) groups is 2. The molecule has 1 aromatic carbocycles. The minimum absolute atomic E-state index is 0.0887. The topological polar surface area (TPSA) is 81.2 Å². The van der Waals surface area contributed by atoms with Gasteiger partial charge in [0.2, 0.25) is 5.91 Å². The summed E-state index contributed by atoms with van der Waals surface area (Å²) in [4.78, 5) is 29.8. The van der Waals surface area contributed by atoms with Gasteiger partial charge in [0.1, 0.15) is 17.4 Å². The van der Waals surface area contributed by atoms with Crippen molar-refractivity contribution in [3.8, 4) is 23.2 Å². The van der Waals surface area contributed by atoms with Gasteiger partial charge in [0.15, 0.2) is 0 Å². The van der Waals surface area contributed by atoms with Gasteiger partial charge in [0.25, 0.3) is 5.91 Å². The molecule has 0 spiro atoms. The van der Waals surface area contributed by atoms with E-state index in [4.69, 9.17) is 5.73 Å². The lowest BCUT2D eigenvalue weighted by Gasteiger charge is -2.06. The molecule has 2 N–H and O–H groups in total. The number of nitrogens with two attached hydrogens (primary N) is 1. The van der Waals surface area contributed by atoms with Crippen LogP contribution >= 0.6 is 0 Å². The van der Waals surface area contributed by atoms with Crippen LogP contribution in [0.3, 0.4) is 0 Å². The second kappa shape index (κ2) is 6.34. The van der Waals surface area contributed by atoms with Gasteiger partial charge in [-0.1, -0.05) is 24.0 Å². The number of rotatable bonds is 2. The number of likely N-dealkylation sites (tertiary alicyclic amines) is 1. The molecule has 2 amide bonds. The van der Waals surface area contributed by atoms with E-state index in [9.17, 15) is 9.59 Å². The maximum atomic E-state index is 12.0. The predicted molar refractivity (Wildman–Crippen MR) is 97.1 cm³/mol. The Bertz CT molecular complexity index is 964. The summed E-state index contributed by atoms with van der Waals surface area (Å²) < 4.78 is 2.07. The molecule has 1 atom stereocenters. The number of nitrogens with zero attached hydrogens (tertiary/aromatic N) is 3. The minimum atomic E-state index is -0.485. The van der Waals surface area contributed by atoms with E-state index in [1.54, 1.807) is 11.9 Å². The van der Waals surface area contributed by atoms with Crippen molar-refractivity contribution in [2.24, 2.45) is 11.7 Å². The number of benzene rings is 1. The maximum Gasteiger partial charge on any atom is 0.269 e. The van der Waals surface area contributed by atoms with Gasteiger partial charge in [0, 0.05) is 31.3 Å². The number of hydrogen-bond donors (Lipinski definition) is 1. The van der Waals surface area contributed by atoms with Gasteiger partial charge in [0.05, 0.1) is 5.69 Å². The first-order valence-electron chi connectivity index (χ1n) is 8.81. The Morgan fingerprint density at radius 2 is 2.19 bits per heavy atom. The van der Waals surface area contributed by atoms with Gasteiger partial charge in [-0.3, -0.25) is 9.59 Å². The molecule has 1 fully saturated rings. The number of aromatic nitrogens is 2. The summed E-state index contributed by atoms with van der Waals surface area (Å²) in [5.74, 6) is 6.35. The average molecular weight is 348 g/mol. The number of primary amides is 1. The van der Waals surface area contributed by atoms with Crippen molar-refractivity contribution in [3.63, 3.8) is 0 Å². The van der Waals surface area contributed by atoms with E-state index in [0.29, 0.717) is 5.69 Å². The molecule has 1 aromatic heterocycles. The Morgan fingerprint density at radius 1 is 1.35 bits per heavy atom. The van der Waals surface area contributed by atoms with Crippen LogP contribution in [0, 0.1) is 17.8 Å². The molecule has 6 heteroatoms. The zero-order valence-corrected chi connectivity index (χ0v) is 14.7. The smallest absolute Gasteiger partial charge is 0.269 e. The molecule has 26 heavy (non-hydrogen) atoms. The van der Waals surface area contributed by atoms with Gasteiger partial charge < -0.3 is 15.2 Å². The van der Waals surface area contributed by atoms with Gasteiger partial charge in [-0.2, -0.15) is 0 Å². The quantitative estimate of drug-likeness (QED) is 0.834. The largest absolute Gasteiger partial charge is 0.364 e. The Hall–Kier alpha value is -3.07. The van der Waals surface area contributed by atoms with Crippen molar-refractivity contribution < 1.29 is 9.59 Å². The molecule has 6 nitrogen and oxygen atoms in total. The monoisotopic (exact) mass is 348 g/mol. The third-order valence-corrected chi connectivity index (χ3v) is 5.04. The van der Waals surface area contributed by atoms with E-state index in [-0.39, 0.29) is 11.8 Å². The zero-order valence-electron chi connectivity index (χ0n) is 14.7. The SMILES string of the molecule is CN1CC[C@@H](C#Cc2cccc(-c3nc(C(N)=O)c4n3CCC4)c2)C1=O. The first kappa shape index (κ1) is 16.4. The fourth-order valence-electron chi connectivity index (χ4n) is 3.67. The van der Waals surface area contributed by atoms with E-state index >= 15 is 0 Å². The molecule has 0 aliphatic carbocycles. The third-order valence-electron chi connectivity index (χ3n) is 5.04. The summed E-state index contributed by atoms with van der Waals surface area (Å²) in [5, 5.41) is 0. The number of hydrogen-bond acceptors (Lipinski definition) is 3. The molecule has 2 aliphatic rings. The van der Waals surface area contributed by atoms with Crippen LogP contribution in [0.4, 0.5) is 0 Å².